The van der Waals surface area contributed by atoms with Crippen molar-refractivity contribution in [2.24, 2.45) is 0 Å². The minimum atomic E-state index is 0.620. The lowest BCUT2D eigenvalue weighted by atomic mass is 10.3. The van der Waals surface area contributed by atoms with E-state index in [2.05, 4.69) is 22.0 Å². The van der Waals surface area contributed by atoms with Gasteiger partial charge in [-0.25, -0.2) is 14.6 Å². The van der Waals surface area contributed by atoms with Gasteiger partial charge in [0.15, 0.2) is 0 Å². The number of aromatic amines is 1. The van der Waals surface area contributed by atoms with Crippen molar-refractivity contribution in [2.45, 2.75) is 33.6 Å². The lowest BCUT2D eigenvalue weighted by Crippen LogP contribution is -2.05. The quantitative estimate of drug-likeness (QED) is 0.850. The molecule has 2 heterocycles. The fourth-order valence-corrected chi connectivity index (χ4v) is 2.07. The molecule has 0 radical (unpaired) electrons. The lowest BCUT2D eigenvalue weighted by molar-refractivity contribution is 0.753. The standard InChI is InChI=1S/C12H16N4S/c1-4-5-10-7-11(17)16(15-10)12-13-8(2)6-9(3)14-12/h6-7,15H,4-5H2,1-3H3. The van der Waals surface area contributed by atoms with Gasteiger partial charge in [0, 0.05) is 17.1 Å². The molecule has 0 aliphatic carbocycles. The lowest BCUT2D eigenvalue weighted by Gasteiger charge is -2.03. The number of aromatic nitrogens is 4. The molecule has 0 amide bonds. The summed E-state index contributed by atoms with van der Waals surface area (Å²) in [5.41, 5.74) is 3.02. The zero-order valence-electron chi connectivity index (χ0n) is 10.3. The monoisotopic (exact) mass is 248 g/mol. The van der Waals surface area contributed by atoms with E-state index in [1.54, 1.807) is 4.68 Å². The van der Waals surface area contributed by atoms with Crippen LogP contribution in [-0.4, -0.2) is 19.7 Å². The van der Waals surface area contributed by atoms with Crippen LogP contribution in [0.1, 0.15) is 30.4 Å². The summed E-state index contributed by atoms with van der Waals surface area (Å²) in [5.74, 6) is 0.620. The molecule has 0 saturated heterocycles. The van der Waals surface area contributed by atoms with Crippen LogP contribution in [0.4, 0.5) is 0 Å². The maximum Gasteiger partial charge on any atom is 0.250 e. The molecular formula is C12H16N4S. The van der Waals surface area contributed by atoms with E-state index in [0.717, 1.165) is 34.6 Å². The Morgan fingerprint density at radius 2 is 1.88 bits per heavy atom. The highest BCUT2D eigenvalue weighted by Crippen LogP contribution is 2.08. The molecule has 2 aromatic heterocycles. The second-order valence-electron chi connectivity index (χ2n) is 4.16. The van der Waals surface area contributed by atoms with Gasteiger partial charge in [0.1, 0.15) is 4.64 Å². The summed E-state index contributed by atoms with van der Waals surface area (Å²) in [4.78, 5) is 8.78. The molecule has 2 aromatic rings. The molecule has 0 fully saturated rings. The molecule has 2 rings (SSSR count). The maximum absolute atomic E-state index is 5.31. The van der Waals surface area contributed by atoms with Crippen molar-refractivity contribution in [3.63, 3.8) is 0 Å². The molecule has 0 spiro atoms. The predicted octanol–water partition coefficient (Wildman–Crippen LogP) is 2.89. The summed E-state index contributed by atoms with van der Waals surface area (Å²) in [6.45, 7) is 6.05. The summed E-state index contributed by atoms with van der Waals surface area (Å²) >= 11 is 5.31. The van der Waals surface area contributed by atoms with E-state index in [1.807, 2.05) is 26.0 Å². The fourth-order valence-electron chi connectivity index (χ4n) is 1.80. The predicted molar refractivity (Wildman–Crippen MR) is 70.0 cm³/mol. The average molecular weight is 248 g/mol. The fraction of sp³-hybridized carbons (Fsp3) is 0.417. The highest BCUT2D eigenvalue weighted by Gasteiger charge is 2.06. The normalized spacial score (nSPS) is 10.8. The topological polar surface area (TPSA) is 46.5 Å². The largest absolute Gasteiger partial charge is 0.294 e. The summed E-state index contributed by atoms with van der Waals surface area (Å²) in [7, 11) is 0. The first-order chi connectivity index (χ1) is 8.10. The molecule has 17 heavy (non-hydrogen) atoms. The Morgan fingerprint density at radius 3 is 2.47 bits per heavy atom. The number of hydrogen-bond donors (Lipinski definition) is 1. The number of aryl methyl sites for hydroxylation is 3. The number of nitrogens with one attached hydrogen (secondary N) is 1. The van der Waals surface area contributed by atoms with Gasteiger partial charge in [-0.2, -0.15) is 0 Å². The Kier molecular flexibility index (Phi) is 3.38. The molecule has 1 N–H and O–H groups in total. The van der Waals surface area contributed by atoms with E-state index < -0.39 is 0 Å². The third-order valence-electron chi connectivity index (χ3n) is 2.46. The van der Waals surface area contributed by atoms with Crippen molar-refractivity contribution >= 4 is 12.2 Å². The first-order valence-corrected chi connectivity index (χ1v) is 6.14. The van der Waals surface area contributed by atoms with Crippen molar-refractivity contribution in [3.8, 4) is 5.95 Å². The van der Waals surface area contributed by atoms with Crippen LogP contribution >= 0.6 is 12.2 Å². The molecule has 0 atom stereocenters. The Bertz CT molecular complexity index is 562. The van der Waals surface area contributed by atoms with Crippen molar-refractivity contribution in [3.05, 3.63) is 33.9 Å². The van der Waals surface area contributed by atoms with Crippen molar-refractivity contribution in [1.82, 2.24) is 19.7 Å². The SMILES string of the molecule is CCCc1cc(=S)n(-c2nc(C)cc(C)n2)[nH]1. The van der Waals surface area contributed by atoms with Crippen LogP contribution in [0.15, 0.2) is 12.1 Å². The first kappa shape index (κ1) is 12.0. The van der Waals surface area contributed by atoms with E-state index in [9.17, 15) is 0 Å². The van der Waals surface area contributed by atoms with Crippen LogP contribution in [0.5, 0.6) is 0 Å². The van der Waals surface area contributed by atoms with Gasteiger partial charge < -0.3 is 0 Å². The van der Waals surface area contributed by atoms with E-state index in [-0.39, 0.29) is 0 Å². The molecule has 0 saturated carbocycles. The van der Waals surface area contributed by atoms with Crippen LogP contribution in [0.3, 0.4) is 0 Å². The van der Waals surface area contributed by atoms with E-state index in [4.69, 9.17) is 12.2 Å². The summed E-state index contributed by atoms with van der Waals surface area (Å²) in [6.07, 6.45) is 2.07. The van der Waals surface area contributed by atoms with Gasteiger partial charge in [-0.1, -0.05) is 25.6 Å². The molecular weight excluding hydrogens is 232 g/mol. The van der Waals surface area contributed by atoms with Crippen LogP contribution in [0, 0.1) is 18.5 Å². The third kappa shape index (κ3) is 2.61. The minimum absolute atomic E-state index is 0.620. The van der Waals surface area contributed by atoms with Crippen LogP contribution in [0.2, 0.25) is 0 Å². The Labute approximate surface area is 106 Å². The van der Waals surface area contributed by atoms with Gasteiger partial charge in [-0.05, 0) is 32.4 Å². The van der Waals surface area contributed by atoms with E-state index in [0.29, 0.717) is 5.95 Å². The van der Waals surface area contributed by atoms with E-state index in [1.165, 1.54) is 0 Å². The van der Waals surface area contributed by atoms with Gasteiger partial charge >= 0.3 is 0 Å². The van der Waals surface area contributed by atoms with Gasteiger partial charge in [-0.15, -0.1) is 0 Å². The average Bonchev–Trinajstić information content (AvgIpc) is 2.58. The molecule has 4 nitrogen and oxygen atoms in total. The molecule has 0 aromatic carbocycles. The summed E-state index contributed by atoms with van der Waals surface area (Å²) < 4.78 is 2.48. The summed E-state index contributed by atoms with van der Waals surface area (Å²) in [6, 6.07) is 3.92. The highest BCUT2D eigenvalue weighted by molar-refractivity contribution is 7.71. The summed E-state index contributed by atoms with van der Waals surface area (Å²) in [5, 5.41) is 3.24. The molecule has 0 aliphatic heterocycles. The Balaban J connectivity index is 2.48. The van der Waals surface area contributed by atoms with Crippen molar-refractivity contribution in [2.75, 3.05) is 0 Å². The molecule has 0 aliphatic rings. The van der Waals surface area contributed by atoms with Crippen LogP contribution in [-0.2, 0) is 6.42 Å². The number of H-pyrrole nitrogens is 1. The number of hydrogen-bond acceptors (Lipinski definition) is 3. The molecule has 0 bridgehead atoms. The molecule has 0 unspecified atom stereocenters. The van der Waals surface area contributed by atoms with Gasteiger partial charge in [0.05, 0.1) is 0 Å². The highest BCUT2D eigenvalue weighted by atomic mass is 32.1. The zero-order valence-corrected chi connectivity index (χ0v) is 11.1. The smallest absolute Gasteiger partial charge is 0.250 e. The maximum atomic E-state index is 5.31. The Morgan fingerprint density at radius 1 is 1.24 bits per heavy atom. The number of rotatable bonds is 3. The van der Waals surface area contributed by atoms with Gasteiger partial charge in [0.2, 0.25) is 0 Å². The molecule has 5 heteroatoms. The minimum Gasteiger partial charge on any atom is -0.294 e. The Hall–Kier alpha value is -1.49. The molecule has 90 valence electrons. The van der Waals surface area contributed by atoms with Crippen molar-refractivity contribution in [1.29, 1.82) is 0 Å². The number of nitrogens with zero attached hydrogens (tertiary/aromatic N) is 3. The third-order valence-corrected chi connectivity index (χ3v) is 2.76. The first-order valence-electron chi connectivity index (χ1n) is 5.73. The van der Waals surface area contributed by atoms with Gasteiger partial charge in [0.25, 0.3) is 5.95 Å². The second-order valence-corrected chi connectivity index (χ2v) is 4.57. The van der Waals surface area contributed by atoms with Crippen LogP contribution < -0.4 is 0 Å². The van der Waals surface area contributed by atoms with E-state index >= 15 is 0 Å². The van der Waals surface area contributed by atoms with Crippen molar-refractivity contribution < 1.29 is 0 Å². The van der Waals surface area contributed by atoms with Crippen LogP contribution in [0.25, 0.3) is 5.95 Å². The van der Waals surface area contributed by atoms with Gasteiger partial charge in [-0.3, -0.25) is 5.10 Å². The zero-order chi connectivity index (χ0) is 12.4. The second kappa shape index (κ2) is 4.79.